The molecule has 0 saturated heterocycles. The molecule has 1 amide bonds. The van der Waals surface area contributed by atoms with E-state index in [1.807, 2.05) is 0 Å². The fourth-order valence-corrected chi connectivity index (χ4v) is 2.18. The zero-order valence-electron chi connectivity index (χ0n) is 11.7. The molecule has 6 nitrogen and oxygen atoms in total. The Kier molecular flexibility index (Phi) is 7.43. The van der Waals surface area contributed by atoms with Crippen molar-refractivity contribution in [3.8, 4) is 0 Å². The van der Waals surface area contributed by atoms with Crippen LogP contribution >= 0.6 is 0 Å². The van der Waals surface area contributed by atoms with Gasteiger partial charge in [0.15, 0.2) is 0 Å². The van der Waals surface area contributed by atoms with Gasteiger partial charge in [0.25, 0.3) is 0 Å². The van der Waals surface area contributed by atoms with Crippen molar-refractivity contribution in [1.82, 2.24) is 10.6 Å². The zero-order chi connectivity index (χ0) is 14.1. The molecule has 0 spiro atoms. The Morgan fingerprint density at radius 2 is 2.00 bits per heavy atom. The van der Waals surface area contributed by atoms with E-state index in [0.717, 1.165) is 12.8 Å². The summed E-state index contributed by atoms with van der Waals surface area (Å²) in [5.74, 6) is -0.696. The van der Waals surface area contributed by atoms with Gasteiger partial charge in [0.2, 0.25) is 5.91 Å². The Morgan fingerprint density at radius 1 is 1.32 bits per heavy atom. The number of amides is 1. The van der Waals surface area contributed by atoms with E-state index in [2.05, 4.69) is 15.4 Å². The second kappa shape index (κ2) is 8.87. The molecule has 0 aliphatic heterocycles. The van der Waals surface area contributed by atoms with Gasteiger partial charge in [-0.15, -0.1) is 0 Å². The van der Waals surface area contributed by atoms with E-state index in [1.165, 1.54) is 26.9 Å². The molecule has 110 valence electrons. The van der Waals surface area contributed by atoms with Crippen LogP contribution in [0, 0.1) is 0 Å². The van der Waals surface area contributed by atoms with Gasteiger partial charge in [-0.3, -0.25) is 4.79 Å². The first kappa shape index (κ1) is 15.9. The van der Waals surface area contributed by atoms with Crippen LogP contribution < -0.4 is 10.6 Å². The molecule has 6 heteroatoms. The molecule has 1 aliphatic rings. The number of hydrogen-bond acceptors (Lipinski definition) is 5. The molecule has 0 radical (unpaired) electrons. The van der Waals surface area contributed by atoms with Crippen LogP contribution in [-0.4, -0.2) is 50.8 Å². The van der Waals surface area contributed by atoms with Crippen molar-refractivity contribution in [3.63, 3.8) is 0 Å². The van der Waals surface area contributed by atoms with E-state index in [9.17, 15) is 9.59 Å². The number of ether oxygens (including phenoxy) is 2. The van der Waals surface area contributed by atoms with E-state index >= 15 is 0 Å². The van der Waals surface area contributed by atoms with Crippen molar-refractivity contribution in [1.29, 1.82) is 0 Å². The van der Waals surface area contributed by atoms with E-state index < -0.39 is 12.0 Å². The monoisotopic (exact) mass is 272 g/mol. The highest BCUT2D eigenvalue weighted by Crippen LogP contribution is 2.20. The fraction of sp³-hybridized carbons (Fsp3) is 0.846. The summed E-state index contributed by atoms with van der Waals surface area (Å²) in [4.78, 5) is 22.4. The summed E-state index contributed by atoms with van der Waals surface area (Å²) in [5.41, 5.74) is 0. The van der Waals surface area contributed by atoms with Crippen LogP contribution in [0.1, 0.15) is 32.6 Å². The van der Waals surface area contributed by atoms with Crippen LogP contribution in [0.5, 0.6) is 0 Å². The summed E-state index contributed by atoms with van der Waals surface area (Å²) < 4.78 is 10.3. The third kappa shape index (κ3) is 6.54. The molecule has 2 N–H and O–H groups in total. The van der Waals surface area contributed by atoms with Crippen molar-refractivity contribution in [2.24, 2.45) is 0 Å². The van der Waals surface area contributed by atoms with Crippen molar-refractivity contribution >= 4 is 11.9 Å². The predicted molar refractivity (Wildman–Crippen MR) is 70.7 cm³/mol. The molecule has 0 aromatic rings. The highest BCUT2D eigenvalue weighted by Gasteiger charge is 2.19. The molecule has 1 rings (SSSR count). The maximum Gasteiger partial charge on any atom is 0.329 e. The van der Waals surface area contributed by atoms with Gasteiger partial charge in [0.05, 0.1) is 19.8 Å². The maximum absolute atomic E-state index is 11.4. The highest BCUT2D eigenvalue weighted by atomic mass is 16.5. The lowest BCUT2D eigenvalue weighted by atomic mass is 10.3. The molecule has 19 heavy (non-hydrogen) atoms. The van der Waals surface area contributed by atoms with Crippen LogP contribution in [0.3, 0.4) is 0 Å². The molecule has 1 saturated carbocycles. The summed E-state index contributed by atoms with van der Waals surface area (Å²) in [5, 5.41) is 5.64. The summed E-state index contributed by atoms with van der Waals surface area (Å²) in [6.45, 7) is 3.00. The normalized spacial score (nSPS) is 17.2. The first-order valence-electron chi connectivity index (χ1n) is 6.80. The predicted octanol–water partition coefficient (Wildman–Crippen LogP) is 0.213. The fourth-order valence-electron chi connectivity index (χ4n) is 2.18. The van der Waals surface area contributed by atoms with E-state index in [0.29, 0.717) is 25.8 Å². The van der Waals surface area contributed by atoms with Gasteiger partial charge in [-0.2, -0.15) is 0 Å². The van der Waals surface area contributed by atoms with Crippen LogP contribution in [0.2, 0.25) is 0 Å². The van der Waals surface area contributed by atoms with Gasteiger partial charge in [-0.25, -0.2) is 4.79 Å². The molecule has 1 aliphatic carbocycles. The largest absolute Gasteiger partial charge is 0.467 e. The molecular formula is C13H24N2O4. The van der Waals surface area contributed by atoms with Crippen molar-refractivity contribution in [2.45, 2.75) is 44.8 Å². The van der Waals surface area contributed by atoms with E-state index in [-0.39, 0.29) is 5.91 Å². The van der Waals surface area contributed by atoms with Crippen molar-refractivity contribution < 1.29 is 19.1 Å². The highest BCUT2D eigenvalue weighted by molar-refractivity contribution is 5.83. The molecule has 0 aromatic heterocycles. The zero-order valence-corrected chi connectivity index (χ0v) is 11.7. The Balaban J connectivity index is 2.12. The maximum atomic E-state index is 11.4. The topological polar surface area (TPSA) is 76.7 Å². The summed E-state index contributed by atoms with van der Waals surface area (Å²) in [6.07, 6.45) is 5.21. The lowest BCUT2D eigenvalue weighted by molar-refractivity contribution is -0.144. The third-order valence-corrected chi connectivity index (χ3v) is 3.15. The average molecular weight is 272 g/mol. The Morgan fingerprint density at radius 3 is 2.58 bits per heavy atom. The van der Waals surface area contributed by atoms with Gasteiger partial charge < -0.3 is 20.1 Å². The van der Waals surface area contributed by atoms with Gasteiger partial charge in [0, 0.05) is 20.0 Å². The number of nitrogens with one attached hydrogen (secondary N) is 2. The van der Waals surface area contributed by atoms with Crippen LogP contribution in [-0.2, 0) is 19.1 Å². The minimum Gasteiger partial charge on any atom is -0.467 e. The first-order valence-corrected chi connectivity index (χ1v) is 6.80. The number of carbonyl (C=O) groups excluding carboxylic acids is 2. The number of hydrogen-bond donors (Lipinski definition) is 2. The van der Waals surface area contributed by atoms with Crippen LogP contribution in [0.25, 0.3) is 0 Å². The first-order chi connectivity index (χ1) is 9.13. The average Bonchev–Trinajstić information content (AvgIpc) is 2.88. The molecule has 0 aromatic carbocycles. The van der Waals surface area contributed by atoms with Gasteiger partial charge >= 0.3 is 5.97 Å². The Bertz CT molecular complexity index is 290. The second-order valence-electron chi connectivity index (χ2n) is 4.76. The molecule has 0 bridgehead atoms. The standard InChI is InChI=1S/C13H24N2O4/c1-10(16)15-12(13(17)18-2)9-14-7-8-19-11-5-3-4-6-11/h11-12,14H,3-9H2,1-2H3,(H,15,16). The molecule has 1 unspecified atom stereocenters. The smallest absolute Gasteiger partial charge is 0.329 e. The van der Waals surface area contributed by atoms with E-state index in [4.69, 9.17) is 4.74 Å². The minimum atomic E-state index is -0.644. The SMILES string of the molecule is COC(=O)C(CNCCOC1CCCC1)NC(C)=O. The summed E-state index contributed by atoms with van der Waals surface area (Å²) >= 11 is 0. The number of rotatable bonds is 8. The van der Waals surface area contributed by atoms with Crippen LogP contribution in [0.4, 0.5) is 0 Å². The molecule has 0 heterocycles. The molecular weight excluding hydrogens is 248 g/mol. The van der Waals surface area contributed by atoms with Gasteiger partial charge in [-0.05, 0) is 12.8 Å². The second-order valence-corrected chi connectivity index (χ2v) is 4.76. The van der Waals surface area contributed by atoms with Crippen molar-refractivity contribution in [2.75, 3.05) is 26.8 Å². The summed E-state index contributed by atoms with van der Waals surface area (Å²) in [6, 6.07) is -0.644. The van der Waals surface area contributed by atoms with Crippen molar-refractivity contribution in [3.05, 3.63) is 0 Å². The third-order valence-electron chi connectivity index (χ3n) is 3.15. The quantitative estimate of drug-likeness (QED) is 0.488. The van der Waals surface area contributed by atoms with E-state index in [1.54, 1.807) is 0 Å². The van der Waals surface area contributed by atoms with Gasteiger partial charge in [0.1, 0.15) is 6.04 Å². The van der Waals surface area contributed by atoms with Crippen LogP contribution in [0.15, 0.2) is 0 Å². The Labute approximate surface area is 114 Å². The number of carbonyl (C=O) groups is 2. The van der Waals surface area contributed by atoms with Gasteiger partial charge in [-0.1, -0.05) is 12.8 Å². The number of methoxy groups -OCH3 is 1. The molecule has 1 fully saturated rings. The minimum absolute atomic E-state index is 0.251. The lowest BCUT2D eigenvalue weighted by Gasteiger charge is -2.16. The molecule has 1 atom stereocenters. The lowest BCUT2D eigenvalue weighted by Crippen LogP contribution is -2.47. The summed E-state index contributed by atoms with van der Waals surface area (Å²) in [7, 11) is 1.31. The Hall–Kier alpha value is -1.14. The number of esters is 1.